The van der Waals surface area contributed by atoms with Gasteiger partial charge in [0.2, 0.25) is 11.8 Å². The van der Waals surface area contributed by atoms with Crippen molar-refractivity contribution in [3.63, 3.8) is 0 Å². The third-order valence-corrected chi connectivity index (χ3v) is 5.59. The van der Waals surface area contributed by atoms with Gasteiger partial charge in [0.1, 0.15) is 24.6 Å². The molecule has 0 spiro atoms. The summed E-state index contributed by atoms with van der Waals surface area (Å²) < 4.78 is 26.5. The van der Waals surface area contributed by atoms with Gasteiger partial charge in [-0.25, -0.2) is 4.39 Å². The molecule has 2 aromatic rings. The number of hydrogen-bond acceptors (Lipinski definition) is 6. The van der Waals surface area contributed by atoms with Crippen LogP contribution in [0.1, 0.15) is 5.56 Å². The minimum atomic E-state index is -0.280. The number of nitrogens with one attached hydrogen (secondary N) is 1. The molecule has 10 heteroatoms. The smallest absolute Gasteiger partial charge is 0.244 e. The van der Waals surface area contributed by atoms with Gasteiger partial charge in [0.25, 0.3) is 0 Å². The predicted molar refractivity (Wildman–Crippen MR) is 113 cm³/mol. The minimum Gasteiger partial charge on any atom is -0.371 e. The molecule has 2 saturated heterocycles. The Morgan fingerprint density at radius 3 is 2.50 bits per heavy atom. The molecule has 0 unspecified atom stereocenters. The quantitative estimate of drug-likeness (QED) is 0.658. The van der Waals surface area contributed by atoms with Gasteiger partial charge in [0.05, 0.1) is 25.8 Å². The lowest BCUT2D eigenvalue weighted by Gasteiger charge is -2.21. The highest BCUT2D eigenvalue weighted by Crippen LogP contribution is 2.20. The monoisotopic (exact) mass is 445 g/mol. The van der Waals surface area contributed by atoms with Gasteiger partial charge in [0, 0.05) is 32.0 Å². The number of ether oxygens (including phenoxy) is 2. The van der Waals surface area contributed by atoms with Gasteiger partial charge in [-0.3, -0.25) is 19.2 Å². The Morgan fingerprint density at radius 2 is 1.88 bits per heavy atom. The number of amides is 2. The summed E-state index contributed by atoms with van der Waals surface area (Å²) in [6, 6.07) is 7.76. The molecule has 2 aliphatic rings. The van der Waals surface area contributed by atoms with E-state index in [9.17, 15) is 14.0 Å². The van der Waals surface area contributed by atoms with Crippen LogP contribution in [0.25, 0.3) is 0 Å². The van der Waals surface area contributed by atoms with Crippen LogP contribution < -0.4 is 5.32 Å². The second-order valence-corrected chi connectivity index (χ2v) is 8.31. The fraction of sp³-hybridized carbons (Fsp3) is 0.500. The van der Waals surface area contributed by atoms with Gasteiger partial charge >= 0.3 is 0 Å². The fourth-order valence-electron chi connectivity index (χ4n) is 3.99. The average molecular weight is 445 g/mol. The molecular weight excluding hydrogens is 417 g/mol. The van der Waals surface area contributed by atoms with Gasteiger partial charge in [-0.1, -0.05) is 12.1 Å². The van der Waals surface area contributed by atoms with Gasteiger partial charge < -0.3 is 19.7 Å². The summed E-state index contributed by atoms with van der Waals surface area (Å²) >= 11 is 0. The lowest BCUT2D eigenvalue weighted by Crippen LogP contribution is -2.45. The number of hydrogen-bond donors (Lipinski definition) is 1. The Morgan fingerprint density at radius 1 is 1.19 bits per heavy atom. The van der Waals surface area contributed by atoms with E-state index in [1.807, 2.05) is 11.9 Å². The molecule has 0 saturated carbocycles. The molecule has 32 heavy (non-hydrogen) atoms. The van der Waals surface area contributed by atoms with Crippen LogP contribution in [0.4, 0.5) is 4.39 Å². The lowest BCUT2D eigenvalue weighted by molar-refractivity contribution is -0.131. The molecule has 3 heterocycles. The molecule has 2 atom stereocenters. The van der Waals surface area contributed by atoms with Crippen LogP contribution in [-0.2, 0) is 32.2 Å². The maximum atomic E-state index is 13.0. The molecule has 2 aliphatic heterocycles. The standard InChI is InChI=1S/C22H28FN5O4/c1-26(9-16-3-5-17(23)6-4-16)12-21(29)25-18-14-31-19-10-27(11-20(19)32-15-18)22(30)13-28-8-2-7-24-28/h2-8,18-20H,9-15H2,1H3,(H,25,29)/t19-,20-/m0/s1. The van der Waals surface area contributed by atoms with Crippen molar-refractivity contribution >= 4 is 11.8 Å². The molecule has 0 radical (unpaired) electrons. The third kappa shape index (κ3) is 5.90. The summed E-state index contributed by atoms with van der Waals surface area (Å²) in [6.45, 7) is 2.52. The Hall–Kier alpha value is -2.82. The van der Waals surface area contributed by atoms with E-state index >= 15 is 0 Å². The molecule has 172 valence electrons. The Bertz CT molecular complexity index is 892. The van der Waals surface area contributed by atoms with Crippen molar-refractivity contribution in [2.45, 2.75) is 31.3 Å². The first-order valence-corrected chi connectivity index (χ1v) is 10.7. The zero-order valence-electron chi connectivity index (χ0n) is 18.0. The number of aromatic nitrogens is 2. The van der Waals surface area contributed by atoms with Crippen molar-refractivity contribution in [3.8, 4) is 0 Å². The number of benzene rings is 1. The van der Waals surface area contributed by atoms with Crippen LogP contribution >= 0.6 is 0 Å². The van der Waals surface area contributed by atoms with Crippen molar-refractivity contribution in [2.24, 2.45) is 0 Å². The molecule has 0 bridgehead atoms. The summed E-state index contributed by atoms with van der Waals surface area (Å²) in [6.07, 6.45) is 2.98. The molecular formula is C22H28FN5O4. The number of carbonyl (C=O) groups excluding carboxylic acids is 2. The molecule has 1 N–H and O–H groups in total. The van der Waals surface area contributed by atoms with E-state index in [-0.39, 0.29) is 49.0 Å². The van der Waals surface area contributed by atoms with Crippen LogP contribution in [0.2, 0.25) is 0 Å². The maximum absolute atomic E-state index is 13.0. The lowest BCUT2D eigenvalue weighted by atomic mass is 10.2. The number of likely N-dealkylation sites (tertiary alicyclic amines) is 1. The third-order valence-electron chi connectivity index (χ3n) is 5.59. The van der Waals surface area contributed by atoms with Crippen molar-refractivity contribution in [1.82, 2.24) is 24.9 Å². The summed E-state index contributed by atoms with van der Waals surface area (Å²) in [5, 5.41) is 7.02. The van der Waals surface area contributed by atoms with Crippen LogP contribution in [0, 0.1) is 5.82 Å². The van der Waals surface area contributed by atoms with Crippen molar-refractivity contribution in [2.75, 3.05) is 39.9 Å². The van der Waals surface area contributed by atoms with E-state index in [4.69, 9.17) is 9.47 Å². The normalized spacial score (nSPS) is 21.4. The van der Waals surface area contributed by atoms with Crippen molar-refractivity contribution in [3.05, 3.63) is 54.1 Å². The second kappa shape index (κ2) is 10.2. The molecule has 1 aromatic heterocycles. The number of likely N-dealkylation sites (N-methyl/N-ethyl adjacent to an activating group) is 1. The molecule has 9 nitrogen and oxygen atoms in total. The highest BCUT2D eigenvalue weighted by molar-refractivity contribution is 5.78. The molecule has 4 rings (SSSR count). The van der Waals surface area contributed by atoms with E-state index in [2.05, 4.69) is 10.4 Å². The fourth-order valence-corrected chi connectivity index (χ4v) is 3.99. The second-order valence-electron chi connectivity index (χ2n) is 8.31. The molecule has 2 amide bonds. The number of halogens is 1. The zero-order chi connectivity index (χ0) is 22.5. The van der Waals surface area contributed by atoms with Crippen molar-refractivity contribution in [1.29, 1.82) is 0 Å². The summed E-state index contributed by atoms with van der Waals surface area (Å²) in [5.41, 5.74) is 0.933. The Balaban J connectivity index is 1.19. The number of nitrogens with zero attached hydrogens (tertiary/aromatic N) is 4. The van der Waals surface area contributed by atoms with E-state index in [0.29, 0.717) is 32.8 Å². The zero-order valence-corrected chi connectivity index (χ0v) is 18.0. The first kappa shape index (κ1) is 22.4. The van der Waals surface area contributed by atoms with Crippen LogP contribution in [0.5, 0.6) is 0 Å². The van der Waals surface area contributed by atoms with Crippen molar-refractivity contribution < 1.29 is 23.5 Å². The van der Waals surface area contributed by atoms with Gasteiger partial charge in [-0.2, -0.15) is 5.10 Å². The Labute approximate surface area is 186 Å². The van der Waals surface area contributed by atoms with Crippen LogP contribution in [-0.4, -0.2) is 89.5 Å². The first-order valence-electron chi connectivity index (χ1n) is 10.7. The number of carbonyl (C=O) groups is 2. The molecule has 1 aromatic carbocycles. The highest BCUT2D eigenvalue weighted by Gasteiger charge is 2.39. The van der Waals surface area contributed by atoms with E-state index in [0.717, 1.165) is 5.56 Å². The van der Waals surface area contributed by atoms with E-state index in [1.165, 1.54) is 12.1 Å². The highest BCUT2D eigenvalue weighted by atomic mass is 19.1. The topological polar surface area (TPSA) is 88.9 Å². The van der Waals surface area contributed by atoms with Gasteiger partial charge in [-0.05, 0) is 30.8 Å². The summed E-state index contributed by atoms with van der Waals surface area (Å²) in [4.78, 5) is 28.5. The molecule has 0 aliphatic carbocycles. The minimum absolute atomic E-state index is 0.0250. The SMILES string of the molecule is CN(CC(=O)NC1CO[C@H]2CN(C(=O)Cn3cccn3)C[C@@H]2OC1)Cc1ccc(F)cc1. The summed E-state index contributed by atoms with van der Waals surface area (Å²) in [5.74, 6) is -0.435. The van der Waals surface area contributed by atoms with Crippen LogP contribution in [0.15, 0.2) is 42.7 Å². The average Bonchev–Trinajstić information content (AvgIpc) is 3.38. The van der Waals surface area contributed by atoms with E-state index < -0.39 is 0 Å². The largest absolute Gasteiger partial charge is 0.371 e. The number of rotatable bonds is 7. The Kier molecular flexibility index (Phi) is 7.13. The predicted octanol–water partition coefficient (Wildman–Crippen LogP) is 0.265. The first-order chi connectivity index (χ1) is 15.5. The maximum Gasteiger partial charge on any atom is 0.244 e. The van der Waals surface area contributed by atoms with Gasteiger partial charge in [-0.15, -0.1) is 0 Å². The van der Waals surface area contributed by atoms with E-state index in [1.54, 1.807) is 40.2 Å². The van der Waals surface area contributed by atoms with Crippen LogP contribution in [0.3, 0.4) is 0 Å². The molecule has 2 fully saturated rings. The van der Waals surface area contributed by atoms with Gasteiger partial charge in [0.15, 0.2) is 0 Å². The number of fused-ring (bicyclic) bond motifs is 1. The summed E-state index contributed by atoms with van der Waals surface area (Å²) in [7, 11) is 1.84.